The summed E-state index contributed by atoms with van der Waals surface area (Å²) in [6.45, 7) is 16.2. The molecule has 26 heavy (non-hydrogen) atoms. The van der Waals surface area contributed by atoms with Crippen molar-refractivity contribution in [1.29, 1.82) is 0 Å². The van der Waals surface area contributed by atoms with Crippen molar-refractivity contribution >= 4 is 24.7 Å². The van der Waals surface area contributed by atoms with Gasteiger partial charge >= 0.3 is 0 Å². The molecule has 5 heteroatoms. The molecule has 3 rings (SSSR count). The SMILES string of the molecule is C=N/C=C\C(=C)C(=C)c1cc(-c2cnc3c(c2)OCCO3)ccc1N=C. The summed E-state index contributed by atoms with van der Waals surface area (Å²) in [7, 11) is 0. The fraction of sp³-hybridized carbons (Fsp3) is 0.0952. The maximum Gasteiger partial charge on any atom is 0.257 e. The average molecular weight is 345 g/mol. The Morgan fingerprint density at radius 1 is 1.08 bits per heavy atom. The zero-order valence-electron chi connectivity index (χ0n) is 14.4. The van der Waals surface area contributed by atoms with Crippen molar-refractivity contribution in [2.75, 3.05) is 13.2 Å². The molecule has 0 saturated heterocycles. The maximum atomic E-state index is 5.62. The van der Waals surface area contributed by atoms with Crippen LogP contribution in [0.3, 0.4) is 0 Å². The molecule has 2 aromatic rings. The molecule has 0 fully saturated rings. The van der Waals surface area contributed by atoms with Crippen LogP contribution in [0.2, 0.25) is 0 Å². The quantitative estimate of drug-likeness (QED) is 0.566. The van der Waals surface area contributed by atoms with Gasteiger partial charge in [-0.25, -0.2) is 4.98 Å². The highest BCUT2D eigenvalue weighted by atomic mass is 16.6. The van der Waals surface area contributed by atoms with E-state index >= 15 is 0 Å². The predicted octanol–water partition coefficient (Wildman–Crippen LogP) is 4.64. The van der Waals surface area contributed by atoms with Gasteiger partial charge in [0.2, 0.25) is 0 Å². The lowest BCUT2D eigenvalue weighted by Crippen LogP contribution is -2.16. The van der Waals surface area contributed by atoms with Crippen LogP contribution in [0, 0.1) is 0 Å². The van der Waals surface area contributed by atoms with Gasteiger partial charge in [0.1, 0.15) is 13.2 Å². The molecule has 0 atom stereocenters. The molecule has 1 aliphatic heterocycles. The molecule has 1 aromatic heterocycles. The summed E-state index contributed by atoms with van der Waals surface area (Å²) < 4.78 is 11.1. The summed E-state index contributed by atoms with van der Waals surface area (Å²) in [6, 6.07) is 7.75. The van der Waals surface area contributed by atoms with Crippen LogP contribution < -0.4 is 9.47 Å². The van der Waals surface area contributed by atoms with Crippen molar-refractivity contribution in [2.45, 2.75) is 0 Å². The van der Waals surface area contributed by atoms with Crippen LogP contribution >= 0.6 is 0 Å². The van der Waals surface area contributed by atoms with E-state index in [0.717, 1.165) is 33.5 Å². The first kappa shape index (κ1) is 17.4. The Bertz CT molecular complexity index is 929. The lowest BCUT2D eigenvalue weighted by atomic mass is 9.95. The summed E-state index contributed by atoms with van der Waals surface area (Å²) in [5, 5.41) is 0. The molecule has 1 aliphatic rings. The summed E-state index contributed by atoms with van der Waals surface area (Å²) in [6.07, 6.45) is 5.08. The Labute approximate surface area is 152 Å². The number of allylic oxidation sites excluding steroid dienone is 3. The van der Waals surface area contributed by atoms with E-state index in [4.69, 9.17) is 9.47 Å². The number of rotatable bonds is 6. The van der Waals surface area contributed by atoms with Gasteiger partial charge in [0.25, 0.3) is 5.88 Å². The van der Waals surface area contributed by atoms with Crippen molar-refractivity contribution in [3.8, 4) is 22.8 Å². The van der Waals surface area contributed by atoms with Gasteiger partial charge in [0, 0.05) is 23.5 Å². The summed E-state index contributed by atoms with van der Waals surface area (Å²) in [4.78, 5) is 12.1. The number of aromatic nitrogens is 1. The fourth-order valence-electron chi connectivity index (χ4n) is 2.60. The Morgan fingerprint density at radius 3 is 2.65 bits per heavy atom. The average Bonchev–Trinajstić information content (AvgIpc) is 2.70. The smallest absolute Gasteiger partial charge is 0.257 e. The zero-order chi connectivity index (χ0) is 18.5. The first-order valence-electron chi connectivity index (χ1n) is 8.01. The van der Waals surface area contributed by atoms with E-state index in [-0.39, 0.29) is 0 Å². The zero-order valence-corrected chi connectivity index (χ0v) is 14.4. The van der Waals surface area contributed by atoms with Crippen LogP contribution in [0.25, 0.3) is 16.7 Å². The Morgan fingerprint density at radius 2 is 1.88 bits per heavy atom. The molecule has 0 N–H and O–H groups in total. The number of hydrogen-bond donors (Lipinski definition) is 0. The number of benzene rings is 1. The molecule has 130 valence electrons. The maximum absolute atomic E-state index is 5.62. The van der Waals surface area contributed by atoms with Crippen LogP contribution in [0.4, 0.5) is 5.69 Å². The minimum Gasteiger partial charge on any atom is -0.484 e. The van der Waals surface area contributed by atoms with Gasteiger partial charge in [-0.2, -0.15) is 0 Å². The third-order valence-electron chi connectivity index (χ3n) is 3.99. The number of aliphatic imine (C=N–C) groups is 2. The topological polar surface area (TPSA) is 56.1 Å². The molecule has 0 unspecified atom stereocenters. The van der Waals surface area contributed by atoms with Crippen molar-refractivity contribution in [3.63, 3.8) is 0 Å². The van der Waals surface area contributed by atoms with E-state index in [2.05, 4.69) is 41.6 Å². The lowest BCUT2D eigenvalue weighted by molar-refractivity contribution is 0.164. The molecule has 0 aliphatic carbocycles. The Kier molecular flexibility index (Phi) is 5.08. The van der Waals surface area contributed by atoms with Gasteiger partial charge in [0.05, 0.1) is 5.69 Å². The van der Waals surface area contributed by atoms with Crippen molar-refractivity contribution < 1.29 is 9.47 Å². The fourth-order valence-corrected chi connectivity index (χ4v) is 2.60. The Balaban J connectivity index is 2.01. The second-order valence-corrected chi connectivity index (χ2v) is 5.62. The van der Waals surface area contributed by atoms with Crippen molar-refractivity contribution in [1.82, 2.24) is 4.98 Å². The van der Waals surface area contributed by atoms with Crippen LogP contribution in [0.5, 0.6) is 11.6 Å². The Hall–Kier alpha value is -3.47. The molecule has 0 spiro atoms. The second kappa shape index (κ2) is 7.61. The van der Waals surface area contributed by atoms with E-state index < -0.39 is 0 Å². The van der Waals surface area contributed by atoms with E-state index in [9.17, 15) is 0 Å². The number of ether oxygens (including phenoxy) is 2. The van der Waals surface area contributed by atoms with Gasteiger partial charge in [-0.3, -0.25) is 9.98 Å². The van der Waals surface area contributed by atoms with Gasteiger partial charge in [0.15, 0.2) is 5.75 Å². The molecule has 0 saturated carbocycles. The lowest BCUT2D eigenvalue weighted by Gasteiger charge is -2.18. The third-order valence-corrected chi connectivity index (χ3v) is 3.99. The van der Waals surface area contributed by atoms with Crippen LogP contribution in [0.1, 0.15) is 5.56 Å². The molecule has 0 radical (unpaired) electrons. The van der Waals surface area contributed by atoms with Crippen LogP contribution in [-0.4, -0.2) is 31.6 Å². The summed E-state index contributed by atoms with van der Waals surface area (Å²) >= 11 is 0. The van der Waals surface area contributed by atoms with Gasteiger partial charge in [-0.15, -0.1) is 0 Å². The van der Waals surface area contributed by atoms with E-state index in [0.29, 0.717) is 24.8 Å². The third kappa shape index (κ3) is 3.47. The molecule has 5 nitrogen and oxygen atoms in total. The monoisotopic (exact) mass is 345 g/mol. The van der Waals surface area contributed by atoms with E-state index in [1.807, 2.05) is 24.3 Å². The van der Waals surface area contributed by atoms with Crippen LogP contribution in [0.15, 0.2) is 71.5 Å². The summed E-state index contributed by atoms with van der Waals surface area (Å²) in [5.41, 5.74) is 4.89. The van der Waals surface area contributed by atoms with Crippen molar-refractivity contribution in [3.05, 3.63) is 67.0 Å². The summed E-state index contributed by atoms with van der Waals surface area (Å²) in [5.74, 6) is 1.16. The molecule has 0 amide bonds. The standard InChI is InChI=1S/C21H19N3O2/c1-14(7-8-22-3)15(2)18-11-16(5-6-19(18)23-4)17-12-20-21(24-13-17)26-10-9-25-20/h5-8,11-13H,1-4,9-10H2/b8-7-. The highest BCUT2D eigenvalue weighted by Gasteiger charge is 2.15. The predicted molar refractivity (Wildman–Crippen MR) is 107 cm³/mol. The number of hydrogen-bond acceptors (Lipinski definition) is 5. The molecule has 2 heterocycles. The molecule has 1 aromatic carbocycles. The first-order valence-corrected chi connectivity index (χ1v) is 8.01. The largest absolute Gasteiger partial charge is 0.484 e. The molecular formula is C21H19N3O2. The minimum atomic E-state index is 0.512. The van der Waals surface area contributed by atoms with Gasteiger partial charge in [-0.1, -0.05) is 19.2 Å². The van der Waals surface area contributed by atoms with Gasteiger partial charge in [-0.05, 0) is 54.4 Å². The second-order valence-electron chi connectivity index (χ2n) is 5.62. The van der Waals surface area contributed by atoms with Crippen LogP contribution in [-0.2, 0) is 0 Å². The highest BCUT2D eigenvalue weighted by molar-refractivity contribution is 5.87. The first-order chi connectivity index (χ1) is 12.6. The van der Waals surface area contributed by atoms with Gasteiger partial charge < -0.3 is 9.47 Å². The molecular weight excluding hydrogens is 326 g/mol. The van der Waals surface area contributed by atoms with E-state index in [1.165, 1.54) is 0 Å². The van der Waals surface area contributed by atoms with E-state index in [1.54, 1.807) is 18.5 Å². The number of fused-ring (bicyclic) bond motifs is 1. The molecule has 0 bridgehead atoms. The van der Waals surface area contributed by atoms with Crippen molar-refractivity contribution in [2.24, 2.45) is 9.98 Å². The number of pyridine rings is 1. The normalized spacial score (nSPS) is 12.6. The highest BCUT2D eigenvalue weighted by Crippen LogP contribution is 2.36. The number of nitrogens with zero attached hydrogens (tertiary/aromatic N) is 3. The minimum absolute atomic E-state index is 0.512.